The van der Waals surface area contributed by atoms with Crippen molar-refractivity contribution in [2.75, 3.05) is 19.8 Å². The maximum absolute atomic E-state index is 12.8. The van der Waals surface area contributed by atoms with E-state index in [4.69, 9.17) is 0 Å². The van der Waals surface area contributed by atoms with Crippen LogP contribution in [0.3, 0.4) is 0 Å². The average Bonchev–Trinajstić information content (AvgIpc) is 2.98. The van der Waals surface area contributed by atoms with E-state index < -0.39 is 0 Å². The summed E-state index contributed by atoms with van der Waals surface area (Å²) in [5.74, 6) is 0.964. The van der Waals surface area contributed by atoms with E-state index in [0.717, 1.165) is 32.6 Å². The molecule has 1 aromatic carbocycles. The summed E-state index contributed by atoms with van der Waals surface area (Å²) in [6.45, 7) is 2.93. The first kappa shape index (κ1) is 17.7. The molecule has 0 aromatic heterocycles. The topological polar surface area (TPSA) is 35.6 Å². The number of likely N-dealkylation sites (tertiary alicyclic amines) is 1. The molecule has 2 saturated carbocycles. The lowest BCUT2D eigenvalue weighted by Crippen LogP contribution is -2.61. The highest BCUT2D eigenvalue weighted by Crippen LogP contribution is 2.42. The molecule has 2 atom stereocenters. The first-order valence-corrected chi connectivity index (χ1v) is 11.1. The Morgan fingerprint density at radius 2 is 1.67 bits per heavy atom. The number of carbonyl (C=O) groups is 1. The average molecular weight is 368 g/mol. The van der Waals surface area contributed by atoms with E-state index >= 15 is 0 Å². The quantitative estimate of drug-likeness (QED) is 0.888. The third-order valence-electron chi connectivity index (χ3n) is 7.95. The number of hydrogen-bond acceptors (Lipinski definition) is 3. The van der Waals surface area contributed by atoms with Gasteiger partial charge in [0, 0.05) is 25.2 Å². The van der Waals surface area contributed by atoms with Gasteiger partial charge < -0.3 is 5.32 Å². The normalized spacial score (nSPS) is 32.4. The van der Waals surface area contributed by atoms with Crippen LogP contribution in [-0.2, 0) is 4.79 Å². The van der Waals surface area contributed by atoms with Gasteiger partial charge in [-0.1, -0.05) is 49.6 Å². The molecule has 2 heterocycles. The Hall–Kier alpha value is -1.39. The molecule has 146 valence electrons. The Labute approximate surface area is 163 Å². The summed E-state index contributed by atoms with van der Waals surface area (Å²) < 4.78 is 0. The minimum Gasteiger partial charge on any atom is -0.342 e. The standard InChI is InChI=1S/C23H33N3O/c27-22-23(26(17-24-22)19-9-6-10-19)13-15-25(16-14-23)21-12-5-4-11-20(21)18-7-2-1-3-8-18/h1-3,7-8,19-21H,4-6,9-17H2,(H,24,27)/t20-,21-/m1/s1. The second-order valence-corrected chi connectivity index (χ2v) is 9.16. The SMILES string of the molecule is O=C1NCN(C2CCC2)C12CCN([C@@H]1CCCC[C@@H]1c1ccccc1)CC2. The van der Waals surface area contributed by atoms with E-state index in [1.165, 1.54) is 50.5 Å². The van der Waals surface area contributed by atoms with Crippen molar-refractivity contribution in [3.8, 4) is 0 Å². The third kappa shape index (κ3) is 3.01. The van der Waals surface area contributed by atoms with Crippen molar-refractivity contribution >= 4 is 5.91 Å². The zero-order valence-corrected chi connectivity index (χ0v) is 16.4. The lowest BCUT2D eigenvalue weighted by Gasteiger charge is -2.50. The fraction of sp³-hybridized carbons (Fsp3) is 0.696. The molecule has 0 unspecified atom stereocenters. The summed E-state index contributed by atoms with van der Waals surface area (Å²) in [6.07, 6.45) is 11.2. The monoisotopic (exact) mass is 367 g/mol. The zero-order chi connectivity index (χ0) is 18.3. The maximum atomic E-state index is 12.8. The number of carbonyl (C=O) groups excluding carboxylic acids is 1. The molecule has 0 radical (unpaired) electrons. The molecular weight excluding hydrogens is 334 g/mol. The van der Waals surface area contributed by atoms with Crippen LogP contribution in [0.5, 0.6) is 0 Å². The fourth-order valence-electron chi connectivity index (χ4n) is 6.16. The van der Waals surface area contributed by atoms with Gasteiger partial charge in [0.2, 0.25) is 5.91 Å². The molecule has 27 heavy (non-hydrogen) atoms. The highest BCUT2D eigenvalue weighted by atomic mass is 16.2. The predicted octanol–water partition coefficient (Wildman–Crippen LogP) is 3.49. The molecule has 2 aliphatic carbocycles. The fourth-order valence-corrected chi connectivity index (χ4v) is 6.16. The van der Waals surface area contributed by atoms with Gasteiger partial charge in [-0.05, 0) is 50.0 Å². The van der Waals surface area contributed by atoms with Crippen LogP contribution in [0.1, 0.15) is 69.3 Å². The van der Waals surface area contributed by atoms with Gasteiger partial charge in [0.15, 0.2) is 0 Å². The molecule has 1 aromatic rings. The number of nitrogens with one attached hydrogen (secondary N) is 1. The molecule has 1 N–H and O–H groups in total. The first-order chi connectivity index (χ1) is 13.3. The van der Waals surface area contributed by atoms with Crippen molar-refractivity contribution in [2.24, 2.45) is 0 Å². The molecular formula is C23H33N3O. The first-order valence-electron chi connectivity index (χ1n) is 11.1. The van der Waals surface area contributed by atoms with Gasteiger partial charge in [0.25, 0.3) is 0 Å². The van der Waals surface area contributed by atoms with Crippen molar-refractivity contribution in [3.63, 3.8) is 0 Å². The van der Waals surface area contributed by atoms with Crippen LogP contribution in [0.15, 0.2) is 30.3 Å². The Bertz CT molecular complexity index is 663. The summed E-state index contributed by atoms with van der Waals surface area (Å²) in [6, 6.07) is 12.4. The van der Waals surface area contributed by atoms with Crippen LogP contribution in [0, 0.1) is 0 Å². The molecule has 0 bridgehead atoms. The predicted molar refractivity (Wildman–Crippen MR) is 107 cm³/mol. The van der Waals surface area contributed by atoms with Crippen molar-refractivity contribution in [1.29, 1.82) is 0 Å². The number of amides is 1. The van der Waals surface area contributed by atoms with Crippen LogP contribution in [-0.4, -0.2) is 53.1 Å². The van der Waals surface area contributed by atoms with Crippen molar-refractivity contribution < 1.29 is 4.79 Å². The summed E-state index contributed by atoms with van der Waals surface area (Å²) >= 11 is 0. The van der Waals surface area contributed by atoms with Gasteiger partial charge in [-0.15, -0.1) is 0 Å². The minimum atomic E-state index is -0.210. The molecule has 1 amide bonds. The summed E-state index contributed by atoms with van der Waals surface area (Å²) in [7, 11) is 0. The number of hydrogen-bond donors (Lipinski definition) is 1. The Morgan fingerprint density at radius 1 is 0.926 bits per heavy atom. The molecule has 4 heteroatoms. The minimum absolute atomic E-state index is 0.210. The van der Waals surface area contributed by atoms with E-state index in [1.807, 2.05) is 0 Å². The smallest absolute Gasteiger partial charge is 0.241 e. The molecule has 1 spiro atoms. The van der Waals surface area contributed by atoms with Crippen molar-refractivity contribution in [1.82, 2.24) is 15.1 Å². The molecule has 2 saturated heterocycles. The van der Waals surface area contributed by atoms with Gasteiger partial charge in [-0.2, -0.15) is 0 Å². The third-order valence-corrected chi connectivity index (χ3v) is 7.95. The largest absolute Gasteiger partial charge is 0.342 e. The van der Waals surface area contributed by atoms with Gasteiger partial charge >= 0.3 is 0 Å². The highest BCUT2D eigenvalue weighted by molar-refractivity contribution is 5.88. The number of benzene rings is 1. The highest BCUT2D eigenvalue weighted by Gasteiger charge is 2.53. The van der Waals surface area contributed by atoms with E-state index in [-0.39, 0.29) is 5.54 Å². The molecule has 4 fully saturated rings. The zero-order valence-electron chi connectivity index (χ0n) is 16.4. The van der Waals surface area contributed by atoms with Gasteiger partial charge in [-0.3, -0.25) is 14.6 Å². The number of nitrogens with zero attached hydrogens (tertiary/aromatic N) is 2. The number of piperidine rings is 1. The Morgan fingerprint density at radius 3 is 2.37 bits per heavy atom. The van der Waals surface area contributed by atoms with Crippen molar-refractivity contribution in [3.05, 3.63) is 35.9 Å². The van der Waals surface area contributed by atoms with Crippen LogP contribution >= 0.6 is 0 Å². The van der Waals surface area contributed by atoms with Gasteiger partial charge in [0.1, 0.15) is 5.54 Å². The molecule has 5 rings (SSSR count). The summed E-state index contributed by atoms with van der Waals surface area (Å²) in [4.78, 5) is 18.1. The van der Waals surface area contributed by atoms with Gasteiger partial charge in [-0.25, -0.2) is 0 Å². The van der Waals surface area contributed by atoms with Crippen LogP contribution in [0.25, 0.3) is 0 Å². The molecule has 4 nitrogen and oxygen atoms in total. The van der Waals surface area contributed by atoms with Gasteiger partial charge in [0.05, 0.1) is 6.67 Å². The maximum Gasteiger partial charge on any atom is 0.241 e. The van der Waals surface area contributed by atoms with Crippen LogP contribution in [0.2, 0.25) is 0 Å². The second kappa shape index (κ2) is 7.21. The van der Waals surface area contributed by atoms with E-state index in [0.29, 0.717) is 23.9 Å². The second-order valence-electron chi connectivity index (χ2n) is 9.16. The van der Waals surface area contributed by atoms with E-state index in [2.05, 4.69) is 45.4 Å². The summed E-state index contributed by atoms with van der Waals surface area (Å²) in [5.41, 5.74) is 1.30. The molecule has 2 aliphatic heterocycles. The van der Waals surface area contributed by atoms with Crippen LogP contribution < -0.4 is 5.32 Å². The van der Waals surface area contributed by atoms with Crippen molar-refractivity contribution in [2.45, 2.75) is 81.3 Å². The molecule has 4 aliphatic rings. The lowest BCUT2D eigenvalue weighted by atomic mass is 9.76. The Balaban J connectivity index is 1.31. The van der Waals surface area contributed by atoms with E-state index in [9.17, 15) is 4.79 Å². The lowest BCUT2D eigenvalue weighted by molar-refractivity contribution is -0.131. The van der Waals surface area contributed by atoms with E-state index in [1.54, 1.807) is 0 Å². The Kier molecular flexibility index (Phi) is 4.73. The summed E-state index contributed by atoms with van der Waals surface area (Å²) in [5, 5.41) is 3.18. The van der Waals surface area contributed by atoms with Crippen LogP contribution in [0.4, 0.5) is 0 Å². The number of rotatable bonds is 3.